The monoisotopic (exact) mass is 370 g/mol. The lowest BCUT2D eigenvalue weighted by Gasteiger charge is -2.24. The predicted molar refractivity (Wildman–Crippen MR) is 84.3 cm³/mol. The Bertz CT molecular complexity index is 489. The molecule has 0 unspecified atom stereocenters. The molecule has 1 aromatic rings. The average Bonchev–Trinajstić information content (AvgIpc) is 2.85. The third-order valence-corrected chi connectivity index (χ3v) is 5.74. The van der Waals surface area contributed by atoms with Crippen molar-refractivity contribution >= 4 is 28.5 Å². The third kappa shape index (κ3) is 2.52. The molecule has 2 heterocycles. The van der Waals surface area contributed by atoms with Gasteiger partial charge in [0.25, 0.3) is 5.91 Å². The molecule has 3 nitrogen and oxygen atoms in total. The van der Waals surface area contributed by atoms with Crippen LogP contribution >= 0.6 is 22.6 Å². The maximum absolute atomic E-state index is 12.7. The highest BCUT2D eigenvalue weighted by Gasteiger charge is 2.36. The molecule has 2 aliphatic rings. The molecule has 0 radical (unpaired) electrons. The number of hydrogen-bond acceptors (Lipinski definition) is 2. The minimum absolute atomic E-state index is 0.198. The summed E-state index contributed by atoms with van der Waals surface area (Å²) in [7, 11) is 0. The van der Waals surface area contributed by atoms with Crippen LogP contribution in [0.5, 0.6) is 0 Å². The number of amides is 1. The maximum Gasteiger partial charge on any atom is 0.255 e. The van der Waals surface area contributed by atoms with Crippen molar-refractivity contribution in [2.24, 2.45) is 5.92 Å². The van der Waals surface area contributed by atoms with Gasteiger partial charge in [-0.15, -0.1) is 0 Å². The van der Waals surface area contributed by atoms with Crippen LogP contribution in [0.15, 0.2) is 18.2 Å². The minimum atomic E-state index is 0.198. The lowest BCUT2D eigenvalue weighted by Crippen LogP contribution is -2.41. The van der Waals surface area contributed by atoms with Crippen LogP contribution in [0.4, 0.5) is 0 Å². The highest BCUT2D eigenvalue weighted by molar-refractivity contribution is 14.1. The van der Waals surface area contributed by atoms with Gasteiger partial charge in [-0.3, -0.25) is 4.79 Å². The van der Waals surface area contributed by atoms with Crippen LogP contribution < -0.4 is 5.32 Å². The highest BCUT2D eigenvalue weighted by atomic mass is 127. The molecule has 1 N–H and O–H groups in total. The van der Waals surface area contributed by atoms with Gasteiger partial charge in [0.2, 0.25) is 0 Å². The zero-order chi connectivity index (χ0) is 13.4. The van der Waals surface area contributed by atoms with E-state index < -0.39 is 0 Å². The molecule has 0 aromatic heterocycles. The van der Waals surface area contributed by atoms with Crippen LogP contribution in [0, 0.1) is 16.4 Å². The number of fused-ring (bicyclic) bond motifs is 1. The molecule has 2 saturated heterocycles. The van der Waals surface area contributed by atoms with Crippen LogP contribution in [-0.4, -0.2) is 36.5 Å². The summed E-state index contributed by atoms with van der Waals surface area (Å²) in [6, 6.07) is 6.50. The molecular weight excluding hydrogens is 351 g/mol. The fraction of sp³-hybridized carbons (Fsp3) is 0.533. The van der Waals surface area contributed by atoms with Gasteiger partial charge in [0, 0.05) is 22.7 Å². The molecule has 4 heteroatoms. The van der Waals surface area contributed by atoms with Crippen molar-refractivity contribution in [3.63, 3.8) is 0 Å². The van der Waals surface area contributed by atoms with E-state index in [4.69, 9.17) is 0 Å². The topological polar surface area (TPSA) is 32.3 Å². The summed E-state index contributed by atoms with van der Waals surface area (Å²) in [5.74, 6) is 0.851. The van der Waals surface area contributed by atoms with Crippen molar-refractivity contribution in [2.45, 2.75) is 25.8 Å². The number of carbonyl (C=O) groups excluding carboxylic acids is 1. The fourth-order valence-corrected chi connectivity index (χ4v) is 3.79. The molecule has 1 aromatic carbocycles. The number of halogens is 1. The molecule has 2 fully saturated rings. The Kier molecular flexibility index (Phi) is 3.80. The van der Waals surface area contributed by atoms with E-state index in [1.165, 1.54) is 18.4 Å². The van der Waals surface area contributed by atoms with Gasteiger partial charge in [0.15, 0.2) is 0 Å². The standard InChI is InChI=1S/C15H19IN2O/c1-10-4-2-6-12(14(10)16)15(19)18-8-11-5-3-7-17-13(11)9-18/h2,4,6,11,13,17H,3,5,7-9H2,1H3/t11-,13+/m0/s1. The number of nitrogens with one attached hydrogen (secondary N) is 1. The summed E-state index contributed by atoms with van der Waals surface area (Å²) in [6.45, 7) is 4.95. The first kappa shape index (κ1) is 13.4. The van der Waals surface area contributed by atoms with Crippen LogP contribution in [0.2, 0.25) is 0 Å². The van der Waals surface area contributed by atoms with Crippen molar-refractivity contribution < 1.29 is 4.79 Å². The van der Waals surface area contributed by atoms with Gasteiger partial charge >= 0.3 is 0 Å². The van der Waals surface area contributed by atoms with E-state index in [9.17, 15) is 4.79 Å². The molecule has 1 amide bonds. The summed E-state index contributed by atoms with van der Waals surface area (Å²) in [6.07, 6.45) is 2.50. The van der Waals surface area contributed by atoms with Crippen molar-refractivity contribution in [2.75, 3.05) is 19.6 Å². The SMILES string of the molecule is Cc1cccc(C(=O)N2C[C@@H]3CCCN[C@@H]3C2)c1I. The first-order chi connectivity index (χ1) is 9.16. The van der Waals surface area contributed by atoms with Gasteiger partial charge in [-0.05, 0) is 66.4 Å². The van der Waals surface area contributed by atoms with Gasteiger partial charge in [-0.1, -0.05) is 12.1 Å². The number of hydrogen-bond donors (Lipinski definition) is 1. The van der Waals surface area contributed by atoms with E-state index in [1.54, 1.807) is 0 Å². The van der Waals surface area contributed by atoms with Crippen LogP contribution in [-0.2, 0) is 0 Å². The largest absolute Gasteiger partial charge is 0.337 e. The normalized spacial score (nSPS) is 26.3. The molecule has 2 aliphatic heterocycles. The van der Waals surface area contributed by atoms with Crippen molar-refractivity contribution in [1.82, 2.24) is 10.2 Å². The molecule has 0 saturated carbocycles. The van der Waals surface area contributed by atoms with Gasteiger partial charge in [-0.25, -0.2) is 0 Å². The molecule has 3 rings (SSSR count). The Hall–Kier alpha value is -0.620. The second kappa shape index (κ2) is 5.40. The van der Waals surface area contributed by atoms with E-state index in [0.29, 0.717) is 12.0 Å². The smallest absolute Gasteiger partial charge is 0.255 e. The van der Waals surface area contributed by atoms with Gasteiger partial charge in [-0.2, -0.15) is 0 Å². The number of rotatable bonds is 1. The Labute approximate surface area is 127 Å². The number of carbonyl (C=O) groups is 1. The summed E-state index contributed by atoms with van der Waals surface area (Å²) in [5.41, 5.74) is 2.04. The molecule has 0 aliphatic carbocycles. The Morgan fingerprint density at radius 2 is 2.26 bits per heavy atom. The molecular formula is C15H19IN2O. The maximum atomic E-state index is 12.7. The summed E-state index contributed by atoms with van der Waals surface area (Å²) in [4.78, 5) is 14.7. The zero-order valence-electron chi connectivity index (χ0n) is 11.2. The highest BCUT2D eigenvalue weighted by Crippen LogP contribution is 2.27. The number of likely N-dealkylation sites (tertiary alicyclic amines) is 1. The van der Waals surface area contributed by atoms with Gasteiger partial charge < -0.3 is 10.2 Å². The summed E-state index contributed by atoms with van der Waals surface area (Å²) in [5, 5.41) is 3.55. The van der Waals surface area contributed by atoms with Crippen molar-refractivity contribution in [1.29, 1.82) is 0 Å². The lowest BCUT2D eigenvalue weighted by atomic mass is 9.94. The second-order valence-electron chi connectivity index (χ2n) is 5.61. The third-order valence-electron chi connectivity index (χ3n) is 4.31. The first-order valence-electron chi connectivity index (χ1n) is 6.94. The van der Waals surface area contributed by atoms with E-state index in [-0.39, 0.29) is 5.91 Å². The van der Waals surface area contributed by atoms with Crippen molar-refractivity contribution in [3.8, 4) is 0 Å². The second-order valence-corrected chi connectivity index (χ2v) is 6.69. The van der Waals surface area contributed by atoms with E-state index in [0.717, 1.165) is 28.8 Å². The molecule has 102 valence electrons. The van der Waals surface area contributed by atoms with E-state index >= 15 is 0 Å². The Balaban J connectivity index is 1.79. The Morgan fingerprint density at radius 3 is 3.05 bits per heavy atom. The van der Waals surface area contributed by atoms with E-state index in [1.807, 2.05) is 17.0 Å². The van der Waals surface area contributed by atoms with E-state index in [2.05, 4.69) is 40.9 Å². The molecule has 0 spiro atoms. The minimum Gasteiger partial charge on any atom is -0.337 e. The number of aryl methyl sites for hydroxylation is 1. The summed E-state index contributed by atoms with van der Waals surface area (Å²) < 4.78 is 1.09. The fourth-order valence-electron chi connectivity index (χ4n) is 3.20. The predicted octanol–water partition coefficient (Wildman–Crippen LogP) is 2.42. The van der Waals surface area contributed by atoms with Crippen LogP contribution in [0.3, 0.4) is 0 Å². The average molecular weight is 370 g/mol. The van der Waals surface area contributed by atoms with Gasteiger partial charge in [0.1, 0.15) is 0 Å². The Morgan fingerprint density at radius 1 is 1.42 bits per heavy atom. The van der Waals surface area contributed by atoms with Gasteiger partial charge in [0.05, 0.1) is 5.56 Å². The molecule has 2 atom stereocenters. The number of benzene rings is 1. The molecule has 0 bridgehead atoms. The number of piperidine rings is 1. The number of nitrogens with zero attached hydrogens (tertiary/aromatic N) is 1. The zero-order valence-corrected chi connectivity index (χ0v) is 13.3. The summed E-state index contributed by atoms with van der Waals surface area (Å²) >= 11 is 2.28. The lowest BCUT2D eigenvalue weighted by molar-refractivity contribution is 0.0784. The van der Waals surface area contributed by atoms with Crippen molar-refractivity contribution in [3.05, 3.63) is 32.9 Å². The molecule has 19 heavy (non-hydrogen) atoms. The first-order valence-corrected chi connectivity index (χ1v) is 8.02. The van der Waals surface area contributed by atoms with Crippen LogP contribution in [0.25, 0.3) is 0 Å². The van der Waals surface area contributed by atoms with Crippen LogP contribution in [0.1, 0.15) is 28.8 Å². The quantitative estimate of drug-likeness (QED) is 0.771.